The number of hydrogen-bond acceptors (Lipinski definition) is 4. The van der Waals surface area contributed by atoms with E-state index in [2.05, 4.69) is 0 Å². The number of carboxylic acid groups (broad SMARTS) is 3. The normalized spacial score (nSPS) is 9.43. The van der Waals surface area contributed by atoms with Crippen molar-refractivity contribution in [3.8, 4) is 0 Å². The van der Waals surface area contributed by atoms with Crippen LogP contribution in [0.4, 0.5) is 0 Å². The molecule has 0 aromatic heterocycles. The third-order valence-corrected chi connectivity index (χ3v) is 2.80. The van der Waals surface area contributed by atoms with Crippen molar-refractivity contribution in [2.24, 2.45) is 0 Å². The van der Waals surface area contributed by atoms with Crippen molar-refractivity contribution in [3.63, 3.8) is 0 Å². The average Bonchev–Trinajstić information content (AvgIpc) is 2.55. The number of carbonyl (C=O) groups is 3. The Morgan fingerprint density at radius 3 is 1.43 bits per heavy atom. The van der Waals surface area contributed by atoms with Gasteiger partial charge in [-0.05, 0) is 35.9 Å². The summed E-state index contributed by atoms with van der Waals surface area (Å²) in [5.41, 5.74) is 0.773. The number of rotatable bonds is 4. The molecule has 7 nitrogen and oxygen atoms in total. The molecule has 0 aliphatic carbocycles. The molecule has 23 heavy (non-hydrogen) atoms. The molecule has 0 aliphatic heterocycles. The van der Waals surface area contributed by atoms with Crippen LogP contribution in [0.25, 0.3) is 0 Å². The maximum atomic E-state index is 10.5. The standard InChI is InChI=1S/C8H6O4.C8H8O3/c9-7(10)5-1-2-6(4-3-5)8(11)12;9-5-6-3-1-2-4-7(6)8(10)11/h1-4H,(H,9,10)(H,11,12);1-4,9H,5H2,(H,10,11). The van der Waals surface area contributed by atoms with E-state index in [-0.39, 0.29) is 23.3 Å². The fraction of sp³-hybridized carbons (Fsp3) is 0.0625. The van der Waals surface area contributed by atoms with E-state index in [0.717, 1.165) is 0 Å². The summed E-state index contributed by atoms with van der Waals surface area (Å²) in [5.74, 6) is -3.13. The number of hydrogen-bond donors (Lipinski definition) is 4. The second-order valence-corrected chi connectivity index (χ2v) is 4.31. The Bertz CT molecular complexity index is 672. The van der Waals surface area contributed by atoms with Gasteiger partial charge < -0.3 is 20.4 Å². The summed E-state index contributed by atoms with van der Waals surface area (Å²) in [6, 6.07) is 11.4. The fourth-order valence-electron chi connectivity index (χ4n) is 1.62. The highest BCUT2D eigenvalue weighted by molar-refractivity contribution is 5.91. The molecule has 2 rings (SSSR count). The van der Waals surface area contributed by atoms with E-state index in [1.165, 1.54) is 30.3 Å². The van der Waals surface area contributed by atoms with Crippen LogP contribution in [-0.4, -0.2) is 38.3 Å². The first-order valence-electron chi connectivity index (χ1n) is 6.35. The molecule has 0 saturated carbocycles. The first-order chi connectivity index (χ1) is 10.9. The SMILES string of the molecule is O=C(O)c1ccc(C(=O)O)cc1.O=C(O)c1ccccc1CO. The number of aliphatic hydroxyl groups excluding tert-OH is 1. The van der Waals surface area contributed by atoms with Gasteiger partial charge in [0.05, 0.1) is 23.3 Å². The van der Waals surface area contributed by atoms with Gasteiger partial charge in [0.15, 0.2) is 0 Å². The average molecular weight is 318 g/mol. The first-order valence-corrected chi connectivity index (χ1v) is 6.35. The lowest BCUT2D eigenvalue weighted by Gasteiger charge is -1.99. The lowest BCUT2D eigenvalue weighted by Crippen LogP contribution is -2.01. The van der Waals surface area contributed by atoms with E-state index in [4.69, 9.17) is 20.4 Å². The molecule has 0 bridgehead atoms. The highest BCUT2D eigenvalue weighted by Gasteiger charge is 2.06. The van der Waals surface area contributed by atoms with E-state index in [9.17, 15) is 14.4 Å². The summed E-state index contributed by atoms with van der Waals surface area (Å²) < 4.78 is 0. The molecule has 0 saturated heterocycles. The van der Waals surface area contributed by atoms with Crippen LogP contribution >= 0.6 is 0 Å². The molecule has 2 aromatic carbocycles. The van der Waals surface area contributed by atoms with E-state index in [1.54, 1.807) is 18.2 Å². The van der Waals surface area contributed by atoms with Crippen molar-refractivity contribution in [3.05, 3.63) is 70.8 Å². The summed E-state index contributed by atoms with van der Waals surface area (Å²) in [4.78, 5) is 31.1. The number of aromatic carboxylic acids is 3. The molecule has 0 unspecified atom stereocenters. The Morgan fingerprint density at radius 1 is 0.696 bits per heavy atom. The smallest absolute Gasteiger partial charge is 0.336 e. The maximum absolute atomic E-state index is 10.5. The number of benzene rings is 2. The highest BCUT2D eigenvalue weighted by atomic mass is 16.4. The predicted molar refractivity (Wildman–Crippen MR) is 79.7 cm³/mol. The molecule has 0 fully saturated rings. The van der Waals surface area contributed by atoms with E-state index < -0.39 is 17.9 Å². The molecule has 0 radical (unpaired) electrons. The van der Waals surface area contributed by atoms with Crippen molar-refractivity contribution < 1.29 is 34.8 Å². The van der Waals surface area contributed by atoms with Crippen molar-refractivity contribution in [2.75, 3.05) is 0 Å². The zero-order valence-electron chi connectivity index (χ0n) is 11.8. The number of aliphatic hydroxyl groups is 1. The van der Waals surface area contributed by atoms with Gasteiger partial charge in [-0.2, -0.15) is 0 Å². The Balaban J connectivity index is 0.000000231. The lowest BCUT2D eigenvalue weighted by atomic mass is 10.1. The van der Waals surface area contributed by atoms with Crippen LogP contribution in [0.15, 0.2) is 48.5 Å². The Hall–Kier alpha value is -3.19. The van der Waals surface area contributed by atoms with Gasteiger partial charge in [-0.15, -0.1) is 0 Å². The molecule has 0 spiro atoms. The molecule has 0 heterocycles. The van der Waals surface area contributed by atoms with E-state index in [1.807, 2.05) is 0 Å². The molecular weight excluding hydrogens is 304 g/mol. The van der Waals surface area contributed by atoms with Gasteiger partial charge in [0.2, 0.25) is 0 Å². The monoisotopic (exact) mass is 318 g/mol. The predicted octanol–water partition coefficient (Wildman–Crippen LogP) is 1.96. The van der Waals surface area contributed by atoms with Crippen LogP contribution in [0.5, 0.6) is 0 Å². The summed E-state index contributed by atoms with van der Waals surface area (Å²) in [5, 5.41) is 34.2. The third-order valence-electron chi connectivity index (χ3n) is 2.80. The van der Waals surface area contributed by atoms with Crippen molar-refractivity contribution in [1.82, 2.24) is 0 Å². The summed E-state index contributed by atoms with van der Waals surface area (Å²) >= 11 is 0. The van der Waals surface area contributed by atoms with Crippen molar-refractivity contribution in [1.29, 1.82) is 0 Å². The molecule has 4 N–H and O–H groups in total. The molecule has 7 heteroatoms. The minimum absolute atomic E-state index is 0.0833. The minimum Gasteiger partial charge on any atom is -0.478 e. The van der Waals surface area contributed by atoms with Gasteiger partial charge >= 0.3 is 17.9 Å². The van der Waals surface area contributed by atoms with Crippen LogP contribution in [0, 0.1) is 0 Å². The first kappa shape index (κ1) is 17.9. The van der Waals surface area contributed by atoms with Crippen molar-refractivity contribution >= 4 is 17.9 Å². The molecule has 120 valence electrons. The highest BCUT2D eigenvalue weighted by Crippen LogP contribution is 2.07. The quantitative estimate of drug-likeness (QED) is 0.677. The fourth-order valence-corrected chi connectivity index (χ4v) is 1.62. The Labute approximate surface area is 131 Å². The van der Waals surface area contributed by atoms with Gasteiger partial charge in [-0.1, -0.05) is 18.2 Å². The van der Waals surface area contributed by atoms with E-state index in [0.29, 0.717) is 5.56 Å². The van der Waals surface area contributed by atoms with Gasteiger partial charge in [-0.25, -0.2) is 14.4 Å². The zero-order chi connectivity index (χ0) is 17.4. The molecule has 2 aromatic rings. The van der Waals surface area contributed by atoms with Gasteiger partial charge in [0.25, 0.3) is 0 Å². The molecule has 0 amide bonds. The van der Waals surface area contributed by atoms with Crippen LogP contribution in [0.2, 0.25) is 0 Å². The van der Waals surface area contributed by atoms with E-state index >= 15 is 0 Å². The molecular formula is C16H14O7. The topological polar surface area (TPSA) is 132 Å². The third kappa shape index (κ3) is 5.25. The van der Waals surface area contributed by atoms with Gasteiger partial charge in [0, 0.05) is 0 Å². The lowest BCUT2D eigenvalue weighted by molar-refractivity contribution is 0.0681. The zero-order valence-corrected chi connectivity index (χ0v) is 11.8. The maximum Gasteiger partial charge on any atom is 0.336 e. The molecule has 0 atom stereocenters. The second kappa shape index (κ2) is 8.30. The van der Waals surface area contributed by atoms with Crippen LogP contribution in [-0.2, 0) is 6.61 Å². The van der Waals surface area contributed by atoms with Crippen LogP contribution in [0.1, 0.15) is 36.6 Å². The Kier molecular flexibility index (Phi) is 6.45. The van der Waals surface area contributed by atoms with Crippen LogP contribution < -0.4 is 0 Å². The van der Waals surface area contributed by atoms with Crippen molar-refractivity contribution in [2.45, 2.75) is 6.61 Å². The van der Waals surface area contributed by atoms with Gasteiger partial charge in [-0.3, -0.25) is 0 Å². The summed E-state index contributed by atoms with van der Waals surface area (Å²) in [6.45, 7) is -0.234. The second-order valence-electron chi connectivity index (χ2n) is 4.31. The van der Waals surface area contributed by atoms with Gasteiger partial charge in [0.1, 0.15) is 0 Å². The summed E-state index contributed by atoms with van der Waals surface area (Å²) in [6.07, 6.45) is 0. The van der Waals surface area contributed by atoms with Crippen LogP contribution in [0.3, 0.4) is 0 Å². The largest absolute Gasteiger partial charge is 0.478 e. The number of carboxylic acids is 3. The molecule has 0 aliphatic rings. The Morgan fingerprint density at radius 2 is 1.13 bits per heavy atom. The summed E-state index contributed by atoms with van der Waals surface area (Å²) in [7, 11) is 0. The minimum atomic E-state index is -1.06.